The van der Waals surface area contributed by atoms with E-state index in [1.165, 1.54) is 5.56 Å². The molecule has 3 aromatic rings. The van der Waals surface area contributed by atoms with Crippen LogP contribution in [-0.2, 0) is 10.2 Å². The first-order chi connectivity index (χ1) is 14.6. The van der Waals surface area contributed by atoms with Crippen molar-refractivity contribution in [2.45, 2.75) is 39.0 Å². The van der Waals surface area contributed by atoms with E-state index in [1.807, 2.05) is 31.5 Å². The van der Waals surface area contributed by atoms with Gasteiger partial charge in [-0.25, -0.2) is 9.67 Å². The summed E-state index contributed by atoms with van der Waals surface area (Å²) >= 11 is 0. The molecule has 1 aromatic carbocycles. The van der Waals surface area contributed by atoms with Gasteiger partial charge in [-0.05, 0) is 57.4 Å². The highest BCUT2D eigenvalue weighted by Gasteiger charge is 2.34. The van der Waals surface area contributed by atoms with E-state index in [4.69, 9.17) is 14.5 Å². The Morgan fingerprint density at radius 1 is 1.13 bits per heavy atom. The Morgan fingerprint density at radius 3 is 2.57 bits per heavy atom. The first kappa shape index (κ1) is 20.3. The lowest BCUT2D eigenvalue weighted by molar-refractivity contribution is 0.0543. The maximum absolute atomic E-state index is 5.66. The number of ether oxygens (including phenoxy) is 2. The second-order valence-electron chi connectivity index (χ2n) is 7.81. The van der Waals surface area contributed by atoms with Crippen molar-refractivity contribution >= 4 is 5.82 Å². The van der Waals surface area contributed by atoms with Crippen molar-refractivity contribution in [3.63, 3.8) is 0 Å². The van der Waals surface area contributed by atoms with E-state index < -0.39 is 0 Å². The minimum atomic E-state index is -0.0150. The standard InChI is InChI=1S/C23H29N5O2/c1-4-30-20-7-5-19(6-8-20)23(9-11-29-12-10-23)16-25-21-14-24-15-22(26-21)28-18(3)13-17(2)27-28/h5-8,13-15H,4,9-12,16H2,1-3H3,(H,25,26). The summed E-state index contributed by atoms with van der Waals surface area (Å²) in [5.41, 5.74) is 3.28. The van der Waals surface area contributed by atoms with Crippen LogP contribution in [0.15, 0.2) is 42.7 Å². The third-order valence-corrected chi connectivity index (χ3v) is 5.68. The summed E-state index contributed by atoms with van der Waals surface area (Å²) < 4.78 is 13.1. The third kappa shape index (κ3) is 4.31. The lowest BCUT2D eigenvalue weighted by Gasteiger charge is -2.38. The van der Waals surface area contributed by atoms with E-state index >= 15 is 0 Å². The zero-order chi connectivity index (χ0) is 21.0. The summed E-state index contributed by atoms with van der Waals surface area (Å²) in [6, 6.07) is 10.5. The van der Waals surface area contributed by atoms with Gasteiger partial charge in [0.25, 0.3) is 0 Å². The molecule has 0 amide bonds. The van der Waals surface area contributed by atoms with E-state index in [-0.39, 0.29) is 5.41 Å². The third-order valence-electron chi connectivity index (χ3n) is 5.68. The van der Waals surface area contributed by atoms with Crippen LogP contribution in [0.5, 0.6) is 5.75 Å². The minimum absolute atomic E-state index is 0.0150. The quantitative estimate of drug-likeness (QED) is 0.641. The van der Waals surface area contributed by atoms with E-state index in [0.29, 0.717) is 12.4 Å². The molecular weight excluding hydrogens is 378 g/mol. The van der Waals surface area contributed by atoms with Crippen molar-refractivity contribution in [3.05, 3.63) is 59.7 Å². The molecule has 0 radical (unpaired) electrons. The van der Waals surface area contributed by atoms with E-state index in [0.717, 1.165) is 55.6 Å². The molecule has 4 rings (SSSR count). The monoisotopic (exact) mass is 407 g/mol. The summed E-state index contributed by atoms with van der Waals surface area (Å²) in [5.74, 6) is 2.37. The van der Waals surface area contributed by atoms with Gasteiger partial charge in [0.2, 0.25) is 0 Å². The number of benzene rings is 1. The van der Waals surface area contributed by atoms with E-state index in [2.05, 4.69) is 39.7 Å². The zero-order valence-electron chi connectivity index (χ0n) is 17.9. The smallest absolute Gasteiger partial charge is 0.174 e. The van der Waals surface area contributed by atoms with Crippen molar-refractivity contribution in [3.8, 4) is 11.6 Å². The fourth-order valence-electron chi connectivity index (χ4n) is 4.06. The van der Waals surface area contributed by atoms with Crippen LogP contribution in [-0.4, -0.2) is 46.1 Å². The van der Waals surface area contributed by atoms with Crippen LogP contribution in [0.1, 0.15) is 36.7 Å². The number of aryl methyl sites for hydroxylation is 2. The van der Waals surface area contributed by atoms with Crippen molar-refractivity contribution in [1.29, 1.82) is 0 Å². The Hall–Kier alpha value is -2.93. The van der Waals surface area contributed by atoms with Gasteiger partial charge in [0, 0.05) is 30.9 Å². The van der Waals surface area contributed by atoms with Crippen LogP contribution in [0.2, 0.25) is 0 Å². The fourth-order valence-corrected chi connectivity index (χ4v) is 4.06. The lowest BCUT2D eigenvalue weighted by Crippen LogP contribution is -2.40. The Labute approximate surface area is 177 Å². The number of rotatable bonds is 7. The topological polar surface area (TPSA) is 74.1 Å². The molecule has 0 spiro atoms. The van der Waals surface area contributed by atoms with E-state index in [9.17, 15) is 0 Å². The molecule has 0 atom stereocenters. The highest BCUT2D eigenvalue weighted by Crippen LogP contribution is 2.36. The average molecular weight is 408 g/mol. The normalized spacial score (nSPS) is 15.7. The first-order valence-electron chi connectivity index (χ1n) is 10.5. The summed E-state index contributed by atoms with van der Waals surface area (Å²) in [5, 5.41) is 8.04. The second-order valence-corrected chi connectivity index (χ2v) is 7.81. The van der Waals surface area contributed by atoms with Crippen molar-refractivity contribution in [2.24, 2.45) is 0 Å². The molecule has 0 unspecified atom stereocenters. The van der Waals surface area contributed by atoms with Gasteiger partial charge in [-0.3, -0.25) is 4.98 Å². The first-order valence-corrected chi connectivity index (χ1v) is 10.5. The van der Waals surface area contributed by atoms with Crippen LogP contribution in [0.3, 0.4) is 0 Å². The van der Waals surface area contributed by atoms with Gasteiger partial charge < -0.3 is 14.8 Å². The highest BCUT2D eigenvalue weighted by atomic mass is 16.5. The molecule has 3 heterocycles. The zero-order valence-corrected chi connectivity index (χ0v) is 17.9. The molecule has 30 heavy (non-hydrogen) atoms. The van der Waals surface area contributed by atoms with Crippen LogP contribution in [0.25, 0.3) is 5.82 Å². The van der Waals surface area contributed by atoms with Crippen LogP contribution >= 0.6 is 0 Å². The largest absolute Gasteiger partial charge is 0.494 e. The minimum Gasteiger partial charge on any atom is -0.494 e. The molecular formula is C23H29N5O2. The molecule has 1 fully saturated rings. The maximum atomic E-state index is 5.66. The van der Waals surface area contributed by atoms with E-state index in [1.54, 1.807) is 12.4 Å². The van der Waals surface area contributed by atoms with Crippen molar-refractivity contribution in [1.82, 2.24) is 19.7 Å². The Kier molecular flexibility index (Phi) is 5.99. The molecule has 2 aromatic heterocycles. The van der Waals surface area contributed by atoms with Crippen molar-refractivity contribution < 1.29 is 9.47 Å². The lowest BCUT2D eigenvalue weighted by atomic mass is 9.74. The number of nitrogens with one attached hydrogen (secondary N) is 1. The number of hydrogen-bond donors (Lipinski definition) is 1. The van der Waals surface area contributed by atoms with Gasteiger partial charge in [0.1, 0.15) is 11.6 Å². The predicted octanol–water partition coefficient (Wildman–Crippen LogP) is 3.84. The fraction of sp³-hybridized carbons (Fsp3) is 0.435. The molecule has 158 valence electrons. The number of hydrogen-bond acceptors (Lipinski definition) is 6. The van der Waals surface area contributed by atoms with Crippen LogP contribution < -0.4 is 10.1 Å². The molecule has 1 N–H and O–H groups in total. The molecule has 0 bridgehead atoms. The Bertz CT molecular complexity index is 978. The highest BCUT2D eigenvalue weighted by molar-refractivity contribution is 5.40. The second kappa shape index (κ2) is 8.83. The molecule has 7 nitrogen and oxygen atoms in total. The Morgan fingerprint density at radius 2 is 1.90 bits per heavy atom. The van der Waals surface area contributed by atoms with Gasteiger partial charge in [-0.2, -0.15) is 5.10 Å². The molecule has 7 heteroatoms. The molecule has 0 aliphatic carbocycles. The Balaban J connectivity index is 1.55. The molecule has 0 saturated carbocycles. The number of nitrogens with zero attached hydrogens (tertiary/aromatic N) is 4. The molecule has 1 aliphatic rings. The van der Waals surface area contributed by atoms with Gasteiger partial charge >= 0.3 is 0 Å². The van der Waals surface area contributed by atoms with Gasteiger partial charge in [0.05, 0.1) is 24.7 Å². The van der Waals surface area contributed by atoms with Gasteiger partial charge in [-0.15, -0.1) is 0 Å². The molecule has 1 aliphatic heterocycles. The summed E-state index contributed by atoms with van der Waals surface area (Å²) in [4.78, 5) is 9.12. The number of anilines is 1. The average Bonchev–Trinajstić information content (AvgIpc) is 3.12. The molecule has 1 saturated heterocycles. The van der Waals surface area contributed by atoms with Gasteiger partial charge in [0.15, 0.2) is 5.82 Å². The summed E-state index contributed by atoms with van der Waals surface area (Å²) in [7, 11) is 0. The summed E-state index contributed by atoms with van der Waals surface area (Å²) in [6.45, 7) is 8.94. The van der Waals surface area contributed by atoms with Crippen molar-refractivity contribution in [2.75, 3.05) is 31.7 Å². The van der Waals surface area contributed by atoms with Crippen LogP contribution in [0, 0.1) is 13.8 Å². The predicted molar refractivity (Wildman–Crippen MR) is 116 cm³/mol. The SMILES string of the molecule is CCOc1ccc(C2(CNc3cncc(-n4nc(C)cc4C)n3)CCOCC2)cc1. The van der Waals surface area contributed by atoms with Crippen LogP contribution in [0.4, 0.5) is 5.82 Å². The van der Waals surface area contributed by atoms with Gasteiger partial charge in [-0.1, -0.05) is 12.1 Å². The number of aromatic nitrogens is 4. The summed E-state index contributed by atoms with van der Waals surface area (Å²) in [6.07, 6.45) is 5.42. The maximum Gasteiger partial charge on any atom is 0.174 e.